The van der Waals surface area contributed by atoms with Crippen LogP contribution in [0.1, 0.15) is 18.4 Å². The second kappa shape index (κ2) is 4.14. The Morgan fingerprint density at radius 1 is 1.47 bits per heavy atom. The van der Waals surface area contributed by atoms with E-state index in [1.54, 1.807) is 7.11 Å². The molecule has 0 aromatic heterocycles. The van der Waals surface area contributed by atoms with Crippen molar-refractivity contribution in [2.24, 2.45) is 5.41 Å². The summed E-state index contributed by atoms with van der Waals surface area (Å²) in [7, 11) is 1.67. The van der Waals surface area contributed by atoms with Crippen LogP contribution in [0.25, 0.3) is 0 Å². The predicted molar refractivity (Wildman–Crippen MR) is 63.2 cm³/mol. The SMILES string of the molecule is COc1cc(CC2(CO)CC2)ccc1Br. The minimum Gasteiger partial charge on any atom is -0.496 e. The van der Waals surface area contributed by atoms with E-state index in [-0.39, 0.29) is 5.41 Å². The van der Waals surface area contributed by atoms with E-state index in [9.17, 15) is 5.11 Å². The Kier molecular flexibility index (Phi) is 3.03. The molecule has 15 heavy (non-hydrogen) atoms. The quantitative estimate of drug-likeness (QED) is 0.912. The molecule has 1 N–H and O–H groups in total. The molecule has 1 aliphatic carbocycles. The van der Waals surface area contributed by atoms with Crippen molar-refractivity contribution in [3.8, 4) is 5.75 Å². The first kappa shape index (κ1) is 11.0. The van der Waals surface area contributed by atoms with Crippen LogP contribution in [0.3, 0.4) is 0 Å². The Bertz CT molecular complexity index is 359. The molecule has 0 aliphatic heterocycles. The van der Waals surface area contributed by atoms with Crippen LogP contribution in [0.4, 0.5) is 0 Å². The average molecular weight is 271 g/mol. The maximum Gasteiger partial charge on any atom is 0.133 e. The van der Waals surface area contributed by atoms with E-state index < -0.39 is 0 Å². The lowest BCUT2D eigenvalue weighted by atomic mass is 9.97. The molecule has 0 spiro atoms. The predicted octanol–water partition coefficient (Wildman–Crippen LogP) is 2.77. The lowest BCUT2D eigenvalue weighted by Crippen LogP contribution is -2.10. The molecule has 0 atom stereocenters. The van der Waals surface area contributed by atoms with Crippen LogP contribution in [0.5, 0.6) is 5.75 Å². The standard InChI is InChI=1S/C12H15BrO2/c1-15-11-6-9(2-3-10(11)13)7-12(8-14)4-5-12/h2-3,6,14H,4-5,7-8H2,1H3. The number of halogens is 1. The van der Waals surface area contributed by atoms with Crippen LogP contribution in [0, 0.1) is 5.41 Å². The summed E-state index contributed by atoms with van der Waals surface area (Å²) in [4.78, 5) is 0. The summed E-state index contributed by atoms with van der Waals surface area (Å²) in [5.74, 6) is 0.862. The van der Waals surface area contributed by atoms with Gasteiger partial charge in [-0.15, -0.1) is 0 Å². The van der Waals surface area contributed by atoms with Crippen molar-refractivity contribution in [1.82, 2.24) is 0 Å². The van der Waals surface area contributed by atoms with Gasteiger partial charge >= 0.3 is 0 Å². The number of ether oxygens (including phenoxy) is 1. The first-order chi connectivity index (χ1) is 7.19. The van der Waals surface area contributed by atoms with Gasteiger partial charge in [-0.1, -0.05) is 6.07 Å². The molecular formula is C12H15BrO2. The highest BCUT2D eigenvalue weighted by Crippen LogP contribution is 2.48. The van der Waals surface area contributed by atoms with Gasteiger partial charge in [-0.25, -0.2) is 0 Å². The summed E-state index contributed by atoms with van der Waals surface area (Å²) in [6, 6.07) is 6.13. The van der Waals surface area contributed by atoms with Crippen molar-refractivity contribution in [1.29, 1.82) is 0 Å². The number of methoxy groups -OCH3 is 1. The minimum absolute atomic E-state index is 0.166. The van der Waals surface area contributed by atoms with Gasteiger partial charge in [0.2, 0.25) is 0 Å². The third kappa shape index (κ3) is 2.34. The van der Waals surface area contributed by atoms with Crippen LogP contribution in [-0.2, 0) is 6.42 Å². The van der Waals surface area contributed by atoms with Gasteiger partial charge in [0.15, 0.2) is 0 Å². The maximum absolute atomic E-state index is 9.26. The molecule has 0 heterocycles. The summed E-state index contributed by atoms with van der Waals surface area (Å²) in [5, 5.41) is 9.26. The zero-order chi connectivity index (χ0) is 10.9. The monoisotopic (exact) mass is 270 g/mol. The molecule has 1 aromatic rings. The fourth-order valence-electron chi connectivity index (χ4n) is 1.81. The first-order valence-corrected chi connectivity index (χ1v) is 5.92. The van der Waals surface area contributed by atoms with E-state index >= 15 is 0 Å². The lowest BCUT2D eigenvalue weighted by Gasteiger charge is -2.12. The molecule has 0 bridgehead atoms. The van der Waals surface area contributed by atoms with Gasteiger partial charge in [-0.2, -0.15) is 0 Å². The molecule has 3 heteroatoms. The summed E-state index contributed by atoms with van der Waals surface area (Å²) in [6.45, 7) is 0.297. The highest BCUT2D eigenvalue weighted by molar-refractivity contribution is 9.10. The number of aliphatic hydroxyl groups excluding tert-OH is 1. The van der Waals surface area contributed by atoms with Crippen LogP contribution < -0.4 is 4.74 Å². The molecule has 0 amide bonds. The topological polar surface area (TPSA) is 29.5 Å². The second-order valence-corrected chi connectivity index (χ2v) is 5.16. The highest BCUT2D eigenvalue weighted by Gasteiger charge is 2.41. The molecule has 82 valence electrons. The molecular weight excluding hydrogens is 256 g/mol. The molecule has 2 nitrogen and oxygen atoms in total. The van der Waals surface area contributed by atoms with E-state index in [0.29, 0.717) is 6.61 Å². The normalized spacial score (nSPS) is 17.5. The highest BCUT2D eigenvalue weighted by atomic mass is 79.9. The smallest absolute Gasteiger partial charge is 0.133 e. The fourth-order valence-corrected chi connectivity index (χ4v) is 2.22. The number of hydrogen-bond donors (Lipinski definition) is 1. The van der Waals surface area contributed by atoms with Crippen molar-refractivity contribution < 1.29 is 9.84 Å². The van der Waals surface area contributed by atoms with Gasteiger partial charge in [0, 0.05) is 6.61 Å². The fraction of sp³-hybridized carbons (Fsp3) is 0.500. The van der Waals surface area contributed by atoms with Gasteiger partial charge in [-0.05, 0) is 58.3 Å². The van der Waals surface area contributed by atoms with E-state index in [0.717, 1.165) is 29.5 Å². The van der Waals surface area contributed by atoms with Crippen molar-refractivity contribution >= 4 is 15.9 Å². The third-order valence-corrected chi connectivity index (χ3v) is 3.74. The number of rotatable bonds is 4. The summed E-state index contributed by atoms with van der Waals surface area (Å²) in [6.07, 6.45) is 3.23. The molecule has 2 rings (SSSR count). The summed E-state index contributed by atoms with van der Waals surface area (Å²) in [5.41, 5.74) is 1.40. The second-order valence-electron chi connectivity index (χ2n) is 4.30. The molecule has 1 aromatic carbocycles. The number of aliphatic hydroxyl groups is 1. The minimum atomic E-state index is 0.166. The Balaban J connectivity index is 2.15. The van der Waals surface area contributed by atoms with Crippen LogP contribution in [0.15, 0.2) is 22.7 Å². The van der Waals surface area contributed by atoms with Crippen molar-refractivity contribution in [3.63, 3.8) is 0 Å². The lowest BCUT2D eigenvalue weighted by molar-refractivity contribution is 0.211. The molecule has 1 aliphatic rings. The molecule has 0 radical (unpaired) electrons. The third-order valence-electron chi connectivity index (χ3n) is 3.09. The molecule has 0 unspecified atom stereocenters. The Hall–Kier alpha value is -0.540. The van der Waals surface area contributed by atoms with Crippen LogP contribution in [-0.4, -0.2) is 18.8 Å². The first-order valence-electron chi connectivity index (χ1n) is 5.12. The van der Waals surface area contributed by atoms with E-state index in [2.05, 4.69) is 22.0 Å². The Morgan fingerprint density at radius 2 is 2.20 bits per heavy atom. The zero-order valence-corrected chi connectivity index (χ0v) is 10.4. The van der Waals surface area contributed by atoms with Gasteiger partial charge in [0.1, 0.15) is 5.75 Å². The van der Waals surface area contributed by atoms with Crippen LogP contribution in [0.2, 0.25) is 0 Å². The van der Waals surface area contributed by atoms with Gasteiger partial charge in [-0.3, -0.25) is 0 Å². The van der Waals surface area contributed by atoms with E-state index in [4.69, 9.17) is 4.74 Å². The van der Waals surface area contributed by atoms with Gasteiger partial charge < -0.3 is 9.84 Å². The molecule has 0 saturated heterocycles. The van der Waals surface area contributed by atoms with Crippen molar-refractivity contribution in [3.05, 3.63) is 28.2 Å². The van der Waals surface area contributed by atoms with Gasteiger partial charge in [0.05, 0.1) is 11.6 Å². The Labute approximate surface area is 98.4 Å². The summed E-state index contributed by atoms with van der Waals surface area (Å²) >= 11 is 3.43. The number of benzene rings is 1. The van der Waals surface area contributed by atoms with Crippen molar-refractivity contribution in [2.45, 2.75) is 19.3 Å². The van der Waals surface area contributed by atoms with E-state index in [1.165, 1.54) is 5.56 Å². The molecule has 1 saturated carbocycles. The Morgan fingerprint density at radius 3 is 2.73 bits per heavy atom. The maximum atomic E-state index is 9.26. The molecule has 1 fully saturated rings. The zero-order valence-electron chi connectivity index (χ0n) is 8.79. The van der Waals surface area contributed by atoms with Gasteiger partial charge in [0.25, 0.3) is 0 Å². The summed E-state index contributed by atoms with van der Waals surface area (Å²) < 4.78 is 6.22. The van der Waals surface area contributed by atoms with E-state index in [1.807, 2.05) is 12.1 Å². The van der Waals surface area contributed by atoms with Crippen LogP contribution >= 0.6 is 15.9 Å². The average Bonchev–Trinajstić information content (AvgIpc) is 3.02. The largest absolute Gasteiger partial charge is 0.496 e. The van der Waals surface area contributed by atoms with Crippen molar-refractivity contribution in [2.75, 3.05) is 13.7 Å². The number of hydrogen-bond acceptors (Lipinski definition) is 2.